The summed E-state index contributed by atoms with van der Waals surface area (Å²) in [4.78, 5) is 14.0. The van der Waals surface area contributed by atoms with E-state index in [1.807, 2.05) is 11.8 Å². The molecular weight excluding hydrogens is 276 g/mol. The number of fused-ring (bicyclic) bond motifs is 1. The normalized spacial score (nSPS) is 25.1. The molecule has 3 heterocycles. The van der Waals surface area contributed by atoms with Crippen molar-refractivity contribution in [1.29, 1.82) is 0 Å². The Morgan fingerprint density at radius 3 is 3.11 bits per heavy atom. The van der Waals surface area contributed by atoms with Crippen molar-refractivity contribution < 1.29 is 0 Å². The van der Waals surface area contributed by atoms with Crippen molar-refractivity contribution in [2.75, 3.05) is 32.4 Å². The van der Waals surface area contributed by atoms with Crippen molar-refractivity contribution in [3.63, 3.8) is 0 Å². The van der Waals surface area contributed by atoms with Gasteiger partial charge in [-0.1, -0.05) is 23.5 Å². The van der Waals surface area contributed by atoms with Gasteiger partial charge in [0, 0.05) is 38.1 Å². The lowest BCUT2D eigenvalue weighted by molar-refractivity contribution is 0.436. The SMILES string of the molecule is CN1CCCN=C1SCC1=CSC2=NC(C)(C)CN12. The number of aliphatic imine (C=N–C) groups is 2. The number of rotatable bonds is 2. The summed E-state index contributed by atoms with van der Waals surface area (Å²) in [5.41, 5.74) is 1.44. The quantitative estimate of drug-likeness (QED) is 0.783. The lowest BCUT2D eigenvalue weighted by Gasteiger charge is -2.25. The number of nitrogens with zero attached hydrogens (tertiary/aromatic N) is 4. The summed E-state index contributed by atoms with van der Waals surface area (Å²) in [7, 11) is 2.13. The highest BCUT2D eigenvalue weighted by atomic mass is 32.2. The van der Waals surface area contributed by atoms with Crippen molar-refractivity contribution >= 4 is 33.9 Å². The molecule has 0 saturated carbocycles. The second-order valence-electron chi connectivity index (χ2n) is 5.75. The fraction of sp³-hybridized carbons (Fsp3) is 0.692. The lowest BCUT2D eigenvalue weighted by atomic mass is 10.1. The van der Waals surface area contributed by atoms with E-state index in [1.165, 1.54) is 22.5 Å². The molecule has 0 fully saturated rings. The molecule has 0 aromatic rings. The molecule has 0 bridgehead atoms. The number of hydrogen-bond donors (Lipinski definition) is 0. The molecule has 0 unspecified atom stereocenters. The molecule has 3 aliphatic rings. The maximum atomic E-state index is 4.75. The topological polar surface area (TPSA) is 31.2 Å². The minimum Gasteiger partial charge on any atom is -0.354 e. The molecule has 4 nitrogen and oxygen atoms in total. The van der Waals surface area contributed by atoms with E-state index in [2.05, 4.69) is 41.1 Å². The van der Waals surface area contributed by atoms with Crippen LogP contribution in [0.5, 0.6) is 0 Å². The Kier molecular flexibility index (Phi) is 3.55. The zero-order chi connectivity index (χ0) is 13.5. The molecule has 3 rings (SSSR count). The summed E-state index contributed by atoms with van der Waals surface area (Å²) in [5, 5.41) is 4.59. The minimum atomic E-state index is 0.0612. The monoisotopic (exact) mass is 296 g/mol. The Balaban J connectivity index is 1.60. The van der Waals surface area contributed by atoms with Gasteiger partial charge in [-0.2, -0.15) is 0 Å². The van der Waals surface area contributed by atoms with E-state index in [0.29, 0.717) is 0 Å². The van der Waals surface area contributed by atoms with Gasteiger partial charge >= 0.3 is 0 Å². The van der Waals surface area contributed by atoms with Crippen LogP contribution in [0.1, 0.15) is 20.3 Å². The zero-order valence-electron chi connectivity index (χ0n) is 11.7. The second-order valence-corrected chi connectivity index (χ2v) is 7.53. The van der Waals surface area contributed by atoms with E-state index in [0.717, 1.165) is 25.4 Å². The third kappa shape index (κ3) is 2.79. The van der Waals surface area contributed by atoms with Crippen molar-refractivity contribution in [3.8, 4) is 0 Å². The summed E-state index contributed by atoms with van der Waals surface area (Å²) in [5.74, 6) is 0.991. The van der Waals surface area contributed by atoms with Gasteiger partial charge in [0.2, 0.25) is 0 Å². The summed E-state index contributed by atoms with van der Waals surface area (Å²) in [6, 6.07) is 0. The number of hydrogen-bond acceptors (Lipinski definition) is 6. The molecule has 0 radical (unpaired) electrons. The molecule has 0 spiro atoms. The average molecular weight is 296 g/mol. The van der Waals surface area contributed by atoms with Crippen molar-refractivity contribution in [3.05, 3.63) is 11.1 Å². The fourth-order valence-electron chi connectivity index (χ4n) is 2.41. The van der Waals surface area contributed by atoms with Crippen LogP contribution < -0.4 is 0 Å². The van der Waals surface area contributed by atoms with Crippen LogP contribution in [-0.4, -0.2) is 58.1 Å². The second kappa shape index (κ2) is 5.05. The van der Waals surface area contributed by atoms with Crippen LogP contribution >= 0.6 is 23.5 Å². The average Bonchev–Trinajstić information content (AvgIpc) is 2.84. The van der Waals surface area contributed by atoms with Gasteiger partial charge in [-0.3, -0.25) is 9.98 Å². The summed E-state index contributed by atoms with van der Waals surface area (Å²) < 4.78 is 0. The lowest BCUT2D eigenvalue weighted by Crippen LogP contribution is -2.32. The highest BCUT2D eigenvalue weighted by Gasteiger charge is 2.36. The molecule has 0 aromatic carbocycles. The van der Waals surface area contributed by atoms with Gasteiger partial charge in [0.25, 0.3) is 0 Å². The van der Waals surface area contributed by atoms with Crippen LogP contribution in [0, 0.1) is 0 Å². The smallest absolute Gasteiger partial charge is 0.168 e. The molecule has 0 aromatic heterocycles. The molecular formula is C13H20N4S2. The number of amidine groups is 2. The maximum Gasteiger partial charge on any atom is 0.168 e. The van der Waals surface area contributed by atoms with E-state index in [-0.39, 0.29) is 5.54 Å². The van der Waals surface area contributed by atoms with E-state index in [4.69, 9.17) is 4.99 Å². The predicted octanol–water partition coefficient (Wildman–Crippen LogP) is 2.45. The van der Waals surface area contributed by atoms with E-state index < -0.39 is 0 Å². The highest BCUT2D eigenvalue weighted by molar-refractivity contribution is 8.17. The molecule has 0 saturated heterocycles. The molecule has 104 valence electrons. The van der Waals surface area contributed by atoms with Crippen molar-refractivity contribution in [1.82, 2.24) is 9.80 Å². The van der Waals surface area contributed by atoms with Gasteiger partial charge in [-0.05, 0) is 25.7 Å². The summed E-state index contributed by atoms with van der Waals surface area (Å²) in [6.45, 7) is 7.50. The summed E-state index contributed by atoms with van der Waals surface area (Å²) in [6.07, 6.45) is 1.18. The molecule has 0 amide bonds. The molecule has 6 heteroatoms. The van der Waals surface area contributed by atoms with Crippen LogP contribution in [0.4, 0.5) is 0 Å². The first-order valence-electron chi connectivity index (χ1n) is 6.67. The minimum absolute atomic E-state index is 0.0612. The Labute approximate surface area is 123 Å². The first-order chi connectivity index (χ1) is 9.05. The standard InChI is InChI=1S/C13H20N4S2/c1-13(2)9-17-10(8-19-12(17)15-13)7-18-11-14-5-4-6-16(11)3/h8H,4-7,9H2,1-3H3. The third-order valence-corrected chi connectivity index (χ3v) is 5.45. The molecule has 19 heavy (non-hydrogen) atoms. The van der Waals surface area contributed by atoms with E-state index >= 15 is 0 Å². The Hall–Kier alpha value is -0.620. The predicted molar refractivity (Wildman–Crippen MR) is 85.9 cm³/mol. The highest BCUT2D eigenvalue weighted by Crippen LogP contribution is 2.36. The molecule has 0 aliphatic carbocycles. The van der Waals surface area contributed by atoms with Gasteiger partial charge in [0.15, 0.2) is 10.3 Å². The molecule has 3 aliphatic heterocycles. The maximum absolute atomic E-state index is 4.75. The van der Waals surface area contributed by atoms with Crippen LogP contribution in [0.25, 0.3) is 0 Å². The first-order valence-corrected chi connectivity index (χ1v) is 8.53. The van der Waals surface area contributed by atoms with Gasteiger partial charge in [0.1, 0.15) is 0 Å². The first kappa shape index (κ1) is 13.4. The Morgan fingerprint density at radius 2 is 2.32 bits per heavy atom. The largest absolute Gasteiger partial charge is 0.354 e. The van der Waals surface area contributed by atoms with Crippen LogP contribution in [-0.2, 0) is 0 Å². The molecule has 0 N–H and O–H groups in total. The molecule has 0 atom stereocenters. The Bertz CT molecular complexity index is 467. The third-order valence-electron chi connectivity index (χ3n) is 3.40. The fourth-order valence-corrected chi connectivity index (χ4v) is 4.59. The van der Waals surface area contributed by atoms with Crippen LogP contribution in [0.2, 0.25) is 0 Å². The van der Waals surface area contributed by atoms with Crippen molar-refractivity contribution in [2.45, 2.75) is 25.8 Å². The van der Waals surface area contributed by atoms with Gasteiger partial charge < -0.3 is 9.80 Å². The number of thioether (sulfide) groups is 2. The summed E-state index contributed by atoms with van der Waals surface area (Å²) >= 11 is 3.61. The van der Waals surface area contributed by atoms with E-state index in [1.54, 1.807) is 11.8 Å². The van der Waals surface area contributed by atoms with Crippen molar-refractivity contribution in [2.24, 2.45) is 9.98 Å². The van der Waals surface area contributed by atoms with Crippen LogP contribution in [0.3, 0.4) is 0 Å². The Morgan fingerprint density at radius 1 is 1.47 bits per heavy atom. The van der Waals surface area contributed by atoms with Gasteiger partial charge in [-0.15, -0.1) is 0 Å². The van der Waals surface area contributed by atoms with E-state index in [9.17, 15) is 0 Å². The van der Waals surface area contributed by atoms with Gasteiger partial charge in [0.05, 0.1) is 5.54 Å². The van der Waals surface area contributed by atoms with Gasteiger partial charge in [-0.25, -0.2) is 0 Å². The zero-order valence-corrected chi connectivity index (χ0v) is 13.4. The van der Waals surface area contributed by atoms with Crippen LogP contribution in [0.15, 0.2) is 21.1 Å².